The van der Waals surface area contributed by atoms with E-state index in [0.717, 1.165) is 35.9 Å². The van der Waals surface area contributed by atoms with Crippen LogP contribution in [0.25, 0.3) is 10.4 Å². The summed E-state index contributed by atoms with van der Waals surface area (Å²) in [6.07, 6.45) is 2.00. The first-order valence-corrected chi connectivity index (χ1v) is 9.02. The van der Waals surface area contributed by atoms with Gasteiger partial charge in [0, 0.05) is 23.4 Å². The summed E-state index contributed by atoms with van der Waals surface area (Å²) < 4.78 is 16.0. The van der Waals surface area contributed by atoms with Crippen LogP contribution in [0, 0.1) is 5.82 Å². The molecule has 3 heterocycles. The van der Waals surface area contributed by atoms with Gasteiger partial charge in [-0.25, -0.2) is 4.39 Å². The van der Waals surface area contributed by atoms with E-state index in [1.165, 1.54) is 17.4 Å². The molecule has 0 saturated carbocycles. The highest BCUT2D eigenvalue weighted by Crippen LogP contribution is 2.30. The number of benzene rings is 1. The molecule has 1 amide bonds. The van der Waals surface area contributed by atoms with E-state index < -0.39 is 0 Å². The minimum Gasteiger partial charge on any atom is -0.342 e. The third-order valence-corrected chi connectivity index (χ3v) is 5.46. The van der Waals surface area contributed by atoms with Crippen molar-refractivity contribution in [3.05, 3.63) is 58.7 Å². The van der Waals surface area contributed by atoms with E-state index in [9.17, 15) is 9.18 Å². The third-order valence-electron chi connectivity index (χ3n) is 4.34. The molecule has 1 atom stereocenters. The molecule has 0 fully saturated rings. The second kappa shape index (κ2) is 6.40. The number of hydrogen-bond donors (Lipinski definition) is 1. The Balaban J connectivity index is 1.51. The van der Waals surface area contributed by atoms with Crippen molar-refractivity contribution in [2.75, 3.05) is 0 Å². The molecular weight excluding hydrogens is 339 g/mol. The first kappa shape index (κ1) is 16.0. The quantitative estimate of drug-likeness (QED) is 0.777. The smallest absolute Gasteiger partial charge is 0.261 e. The molecule has 5 nitrogen and oxygen atoms in total. The van der Waals surface area contributed by atoms with Crippen LogP contribution in [0.4, 0.5) is 4.39 Å². The summed E-state index contributed by atoms with van der Waals surface area (Å²) >= 11 is 1.28. The lowest BCUT2D eigenvalue weighted by atomic mass is 10.2. The van der Waals surface area contributed by atoms with Crippen LogP contribution >= 0.6 is 11.3 Å². The molecule has 0 bridgehead atoms. The lowest BCUT2D eigenvalue weighted by Crippen LogP contribution is -2.28. The van der Waals surface area contributed by atoms with Gasteiger partial charge in [-0.3, -0.25) is 4.79 Å². The van der Waals surface area contributed by atoms with Crippen LogP contribution in [-0.2, 0) is 13.0 Å². The number of nitrogens with one attached hydrogen (secondary N) is 1. The van der Waals surface area contributed by atoms with Crippen LogP contribution < -0.4 is 5.32 Å². The van der Waals surface area contributed by atoms with Gasteiger partial charge in [0.1, 0.15) is 11.6 Å². The number of nitrogens with zero attached hydrogens (tertiary/aromatic N) is 3. The first-order valence-electron chi connectivity index (χ1n) is 8.21. The van der Waals surface area contributed by atoms with Gasteiger partial charge >= 0.3 is 0 Å². The molecule has 1 aromatic carbocycles. The van der Waals surface area contributed by atoms with Crippen LogP contribution in [0.15, 0.2) is 36.4 Å². The van der Waals surface area contributed by atoms with Crippen LogP contribution in [0.2, 0.25) is 0 Å². The van der Waals surface area contributed by atoms with Crippen molar-refractivity contribution in [2.24, 2.45) is 0 Å². The molecular formula is C18H17FN4OS. The number of hydrogen-bond acceptors (Lipinski definition) is 4. The number of rotatable bonds is 4. The van der Waals surface area contributed by atoms with E-state index in [1.54, 1.807) is 30.3 Å². The maximum atomic E-state index is 13.9. The number of amides is 1. The summed E-state index contributed by atoms with van der Waals surface area (Å²) in [5, 5.41) is 11.3. The summed E-state index contributed by atoms with van der Waals surface area (Å²) in [5.74, 6) is 1.29. The van der Waals surface area contributed by atoms with Gasteiger partial charge < -0.3 is 9.88 Å². The van der Waals surface area contributed by atoms with Gasteiger partial charge in [-0.05, 0) is 31.5 Å². The van der Waals surface area contributed by atoms with Crippen molar-refractivity contribution in [3.63, 3.8) is 0 Å². The zero-order chi connectivity index (χ0) is 17.4. The van der Waals surface area contributed by atoms with Crippen molar-refractivity contribution >= 4 is 17.2 Å². The Hall–Kier alpha value is -2.54. The Morgan fingerprint density at radius 1 is 1.28 bits per heavy atom. The monoisotopic (exact) mass is 356 g/mol. The van der Waals surface area contributed by atoms with Crippen molar-refractivity contribution < 1.29 is 9.18 Å². The highest BCUT2D eigenvalue weighted by molar-refractivity contribution is 7.17. The molecule has 0 aliphatic carbocycles. The highest BCUT2D eigenvalue weighted by atomic mass is 32.1. The van der Waals surface area contributed by atoms with Crippen molar-refractivity contribution in [3.8, 4) is 10.4 Å². The Kier molecular flexibility index (Phi) is 4.09. The number of carbonyl (C=O) groups excluding carboxylic acids is 1. The fourth-order valence-electron chi connectivity index (χ4n) is 3.09. The zero-order valence-electron chi connectivity index (χ0n) is 13.7. The summed E-state index contributed by atoms with van der Waals surface area (Å²) in [4.78, 5) is 13.8. The van der Waals surface area contributed by atoms with Crippen LogP contribution in [0.1, 0.15) is 40.7 Å². The molecule has 25 heavy (non-hydrogen) atoms. The first-order chi connectivity index (χ1) is 12.1. The minimum atomic E-state index is -0.288. The van der Waals surface area contributed by atoms with E-state index in [0.29, 0.717) is 10.4 Å². The van der Waals surface area contributed by atoms with Gasteiger partial charge in [0.2, 0.25) is 0 Å². The normalized spacial score (nSPS) is 14.3. The SMILES string of the molecule is CC(NC(=O)c1ccc(-c2ccccc2F)s1)c1nnc2n1CCC2. The molecule has 1 aliphatic heterocycles. The average molecular weight is 356 g/mol. The maximum Gasteiger partial charge on any atom is 0.261 e. The van der Waals surface area contributed by atoms with Crippen LogP contribution in [0.3, 0.4) is 0 Å². The topological polar surface area (TPSA) is 59.8 Å². The van der Waals surface area contributed by atoms with E-state index >= 15 is 0 Å². The Morgan fingerprint density at radius 3 is 2.96 bits per heavy atom. The molecule has 0 radical (unpaired) electrons. The van der Waals surface area contributed by atoms with Gasteiger partial charge in [0.15, 0.2) is 5.82 Å². The molecule has 1 N–H and O–H groups in total. The summed E-state index contributed by atoms with van der Waals surface area (Å²) in [6, 6.07) is 9.84. The fraction of sp³-hybridized carbons (Fsp3) is 0.278. The van der Waals surface area contributed by atoms with Gasteiger partial charge in [0.05, 0.1) is 10.9 Å². The van der Waals surface area contributed by atoms with Crippen molar-refractivity contribution in [1.29, 1.82) is 0 Å². The minimum absolute atomic E-state index is 0.185. The standard InChI is InChI=1S/C18H17FN4OS/c1-11(17-22-21-16-7-4-10-23(16)17)20-18(24)15-9-8-14(25-15)12-5-2-3-6-13(12)19/h2-3,5-6,8-9,11H,4,7,10H2,1H3,(H,20,24). The molecule has 2 aromatic heterocycles. The Labute approximate surface area is 148 Å². The summed E-state index contributed by atoms with van der Waals surface area (Å²) in [5.41, 5.74) is 0.509. The maximum absolute atomic E-state index is 13.9. The summed E-state index contributed by atoms with van der Waals surface area (Å²) in [6.45, 7) is 2.80. The summed E-state index contributed by atoms with van der Waals surface area (Å²) in [7, 11) is 0. The Bertz CT molecular complexity index is 933. The number of fused-ring (bicyclic) bond motifs is 1. The van der Waals surface area contributed by atoms with Gasteiger partial charge in [-0.15, -0.1) is 21.5 Å². The number of halogens is 1. The van der Waals surface area contributed by atoms with E-state index in [2.05, 4.69) is 20.1 Å². The molecule has 0 spiro atoms. The number of aromatic nitrogens is 3. The molecule has 4 rings (SSSR count). The van der Waals surface area contributed by atoms with E-state index in [4.69, 9.17) is 0 Å². The van der Waals surface area contributed by atoms with Gasteiger partial charge in [0.25, 0.3) is 5.91 Å². The van der Waals surface area contributed by atoms with Crippen LogP contribution in [-0.4, -0.2) is 20.7 Å². The fourth-order valence-corrected chi connectivity index (χ4v) is 4.03. The van der Waals surface area contributed by atoms with Gasteiger partial charge in [-0.2, -0.15) is 0 Å². The largest absolute Gasteiger partial charge is 0.342 e. The van der Waals surface area contributed by atoms with E-state index in [1.807, 2.05) is 6.92 Å². The lowest BCUT2D eigenvalue weighted by Gasteiger charge is -2.13. The second-order valence-electron chi connectivity index (χ2n) is 6.07. The van der Waals surface area contributed by atoms with Crippen molar-refractivity contribution in [2.45, 2.75) is 32.4 Å². The number of carbonyl (C=O) groups is 1. The van der Waals surface area contributed by atoms with Crippen molar-refractivity contribution in [1.82, 2.24) is 20.1 Å². The third kappa shape index (κ3) is 2.95. The number of aryl methyl sites for hydroxylation is 1. The van der Waals surface area contributed by atoms with Crippen LogP contribution in [0.5, 0.6) is 0 Å². The predicted octanol–water partition coefficient (Wildman–Crippen LogP) is 3.58. The molecule has 1 unspecified atom stereocenters. The molecule has 0 saturated heterocycles. The second-order valence-corrected chi connectivity index (χ2v) is 7.15. The zero-order valence-corrected chi connectivity index (χ0v) is 14.5. The lowest BCUT2D eigenvalue weighted by molar-refractivity contribution is 0.0941. The molecule has 128 valence electrons. The average Bonchev–Trinajstić information content (AvgIpc) is 3.31. The molecule has 1 aliphatic rings. The Morgan fingerprint density at radius 2 is 2.12 bits per heavy atom. The predicted molar refractivity (Wildman–Crippen MR) is 93.9 cm³/mol. The molecule has 3 aromatic rings. The number of thiophene rings is 1. The molecule has 7 heteroatoms. The van der Waals surface area contributed by atoms with E-state index in [-0.39, 0.29) is 17.8 Å². The highest BCUT2D eigenvalue weighted by Gasteiger charge is 2.23. The van der Waals surface area contributed by atoms with Gasteiger partial charge in [-0.1, -0.05) is 18.2 Å².